The zero-order valence-electron chi connectivity index (χ0n) is 14.5. The maximum absolute atomic E-state index is 12.5. The summed E-state index contributed by atoms with van der Waals surface area (Å²) in [5.74, 6) is -0.189. The Morgan fingerprint density at radius 2 is 1.63 bits per heavy atom. The van der Waals surface area contributed by atoms with Gasteiger partial charge in [0.05, 0.1) is 5.56 Å². The molecule has 0 saturated heterocycles. The highest BCUT2D eigenvalue weighted by Gasteiger charge is 2.11. The van der Waals surface area contributed by atoms with E-state index in [1.165, 1.54) is 0 Å². The van der Waals surface area contributed by atoms with Gasteiger partial charge < -0.3 is 9.73 Å². The third-order valence-corrected chi connectivity index (χ3v) is 4.37. The minimum Gasteiger partial charge on any atom is -0.422 e. The molecule has 0 fully saturated rings. The monoisotopic (exact) mass is 355 g/mol. The highest BCUT2D eigenvalue weighted by molar-refractivity contribution is 5.95. The lowest BCUT2D eigenvalue weighted by Gasteiger charge is -2.07. The first-order chi connectivity index (χ1) is 13.2. The normalized spacial score (nSPS) is 10.7. The van der Waals surface area contributed by atoms with Gasteiger partial charge in [-0.25, -0.2) is 4.79 Å². The Hall–Kier alpha value is -3.66. The van der Waals surface area contributed by atoms with E-state index in [2.05, 4.69) is 5.32 Å². The molecule has 4 aromatic rings. The van der Waals surface area contributed by atoms with Crippen LogP contribution < -0.4 is 10.9 Å². The first kappa shape index (κ1) is 16.8. The topological polar surface area (TPSA) is 59.3 Å². The zero-order valence-corrected chi connectivity index (χ0v) is 14.5. The van der Waals surface area contributed by atoms with E-state index in [-0.39, 0.29) is 5.91 Å². The summed E-state index contributed by atoms with van der Waals surface area (Å²) < 4.78 is 5.40. The first-order valence-corrected chi connectivity index (χ1v) is 8.66. The van der Waals surface area contributed by atoms with Crippen molar-refractivity contribution in [1.82, 2.24) is 5.32 Å². The molecule has 0 spiro atoms. The van der Waals surface area contributed by atoms with Gasteiger partial charge in [-0.05, 0) is 35.4 Å². The molecule has 1 N–H and O–H groups in total. The van der Waals surface area contributed by atoms with E-state index in [1.54, 1.807) is 36.4 Å². The van der Waals surface area contributed by atoms with E-state index in [1.807, 2.05) is 48.5 Å². The van der Waals surface area contributed by atoms with Gasteiger partial charge in [0.2, 0.25) is 0 Å². The number of hydrogen-bond donors (Lipinski definition) is 1. The fraction of sp³-hybridized carbons (Fsp3) is 0.0435. The van der Waals surface area contributed by atoms with Crippen molar-refractivity contribution < 1.29 is 9.21 Å². The van der Waals surface area contributed by atoms with E-state index in [0.29, 0.717) is 28.8 Å². The molecule has 0 unspecified atom stereocenters. The maximum Gasteiger partial charge on any atom is 0.344 e. The number of benzene rings is 3. The summed E-state index contributed by atoms with van der Waals surface area (Å²) >= 11 is 0. The molecule has 4 nitrogen and oxygen atoms in total. The third kappa shape index (κ3) is 3.65. The standard InChI is InChI=1S/C23H17NO3/c25-22(24-15-16-7-2-1-3-8-16)19-11-6-10-17(13-19)20-14-18-9-4-5-12-21(18)27-23(20)26/h1-14H,15H2,(H,24,25). The van der Waals surface area contributed by atoms with Crippen molar-refractivity contribution in [2.75, 3.05) is 0 Å². The molecule has 0 aliphatic heterocycles. The van der Waals surface area contributed by atoms with E-state index in [4.69, 9.17) is 4.42 Å². The Labute approximate surface area is 156 Å². The molecule has 4 heteroatoms. The second-order valence-corrected chi connectivity index (χ2v) is 6.23. The van der Waals surface area contributed by atoms with Crippen LogP contribution in [0.2, 0.25) is 0 Å². The van der Waals surface area contributed by atoms with Crippen LogP contribution in [0.4, 0.5) is 0 Å². The fourth-order valence-corrected chi connectivity index (χ4v) is 2.97. The molecule has 132 valence electrons. The molecule has 1 heterocycles. The lowest BCUT2D eigenvalue weighted by Crippen LogP contribution is -2.22. The average Bonchev–Trinajstić information content (AvgIpc) is 2.72. The van der Waals surface area contributed by atoms with Gasteiger partial charge in [0.1, 0.15) is 5.58 Å². The van der Waals surface area contributed by atoms with Crippen molar-refractivity contribution in [3.63, 3.8) is 0 Å². The summed E-state index contributed by atoms with van der Waals surface area (Å²) in [6, 6.07) is 25.9. The molecule has 3 aromatic carbocycles. The minimum absolute atomic E-state index is 0.189. The molecule has 0 bridgehead atoms. The van der Waals surface area contributed by atoms with Crippen LogP contribution in [-0.2, 0) is 6.54 Å². The van der Waals surface area contributed by atoms with Gasteiger partial charge in [0, 0.05) is 17.5 Å². The quantitative estimate of drug-likeness (QED) is 0.552. The predicted octanol–water partition coefficient (Wildman–Crippen LogP) is 4.39. The molecule has 0 aliphatic rings. The molecule has 0 aliphatic carbocycles. The van der Waals surface area contributed by atoms with Crippen LogP contribution in [0.1, 0.15) is 15.9 Å². The molecular weight excluding hydrogens is 338 g/mol. The smallest absolute Gasteiger partial charge is 0.344 e. The number of nitrogens with one attached hydrogen (secondary N) is 1. The van der Waals surface area contributed by atoms with Crippen molar-refractivity contribution in [3.8, 4) is 11.1 Å². The number of carbonyl (C=O) groups excluding carboxylic acids is 1. The number of amides is 1. The van der Waals surface area contributed by atoms with Gasteiger partial charge in [0.15, 0.2) is 0 Å². The van der Waals surface area contributed by atoms with Crippen LogP contribution in [0, 0.1) is 0 Å². The van der Waals surface area contributed by atoms with Gasteiger partial charge in [-0.15, -0.1) is 0 Å². The summed E-state index contributed by atoms with van der Waals surface area (Å²) in [6.45, 7) is 0.446. The Balaban J connectivity index is 1.62. The van der Waals surface area contributed by atoms with E-state index >= 15 is 0 Å². The van der Waals surface area contributed by atoms with Crippen LogP contribution >= 0.6 is 0 Å². The van der Waals surface area contributed by atoms with Crippen molar-refractivity contribution >= 4 is 16.9 Å². The summed E-state index contributed by atoms with van der Waals surface area (Å²) in [6.07, 6.45) is 0. The average molecular weight is 355 g/mol. The maximum atomic E-state index is 12.5. The number of hydrogen-bond acceptors (Lipinski definition) is 3. The highest BCUT2D eigenvalue weighted by Crippen LogP contribution is 2.22. The summed E-state index contributed by atoms with van der Waals surface area (Å²) in [4.78, 5) is 24.8. The second-order valence-electron chi connectivity index (χ2n) is 6.23. The fourth-order valence-electron chi connectivity index (χ4n) is 2.97. The second kappa shape index (κ2) is 7.30. The van der Waals surface area contributed by atoms with Crippen LogP contribution in [0.25, 0.3) is 22.1 Å². The Bertz CT molecular complexity index is 1160. The van der Waals surface area contributed by atoms with Crippen molar-refractivity contribution in [3.05, 3.63) is 106 Å². The van der Waals surface area contributed by atoms with Crippen LogP contribution in [0.3, 0.4) is 0 Å². The SMILES string of the molecule is O=C(NCc1ccccc1)c1cccc(-c2cc3ccccc3oc2=O)c1. The van der Waals surface area contributed by atoms with Gasteiger partial charge in [-0.2, -0.15) is 0 Å². The molecule has 0 saturated carbocycles. The van der Waals surface area contributed by atoms with E-state index in [0.717, 1.165) is 10.9 Å². The third-order valence-electron chi connectivity index (χ3n) is 4.37. The lowest BCUT2D eigenvalue weighted by atomic mass is 10.0. The van der Waals surface area contributed by atoms with Crippen LogP contribution in [-0.4, -0.2) is 5.91 Å². The molecule has 27 heavy (non-hydrogen) atoms. The Morgan fingerprint density at radius 1 is 0.852 bits per heavy atom. The number of fused-ring (bicyclic) bond motifs is 1. The van der Waals surface area contributed by atoms with Gasteiger partial charge in [0.25, 0.3) is 5.91 Å². The number of rotatable bonds is 4. The summed E-state index contributed by atoms with van der Waals surface area (Å²) in [5.41, 5.74) is 2.74. The molecule has 1 aromatic heterocycles. The molecule has 0 radical (unpaired) electrons. The number of carbonyl (C=O) groups is 1. The first-order valence-electron chi connectivity index (χ1n) is 8.66. The zero-order chi connectivity index (χ0) is 18.6. The van der Waals surface area contributed by atoms with Crippen LogP contribution in [0.15, 0.2) is 94.1 Å². The van der Waals surface area contributed by atoms with E-state index in [9.17, 15) is 9.59 Å². The predicted molar refractivity (Wildman–Crippen MR) is 106 cm³/mol. The van der Waals surface area contributed by atoms with Gasteiger partial charge in [-0.3, -0.25) is 4.79 Å². The largest absolute Gasteiger partial charge is 0.422 e. The lowest BCUT2D eigenvalue weighted by molar-refractivity contribution is 0.0951. The Morgan fingerprint density at radius 3 is 2.48 bits per heavy atom. The van der Waals surface area contributed by atoms with E-state index < -0.39 is 5.63 Å². The van der Waals surface area contributed by atoms with Crippen molar-refractivity contribution in [1.29, 1.82) is 0 Å². The molecule has 1 amide bonds. The minimum atomic E-state index is -0.421. The van der Waals surface area contributed by atoms with Crippen LogP contribution in [0.5, 0.6) is 0 Å². The van der Waals surface area contributed by atoms with Crippen molar-refractivity contribution in [2.45, 2.75) is 6.54 Å². The summed E-state index contributed by atoms with van der Waals surface area (Å²) in [7, 11) is 0. The summed E-state index contributed by atoms with van der Waals surface area (Å²) in [5, 5.41) is 3.74. The molecular formula is C23H17NO3. The highest BCUT2D eigenvalue weighted by atomic mass is 16.4. The van der Waals surface area contributed by atoms with Gasteiger partial charge in [-0.1, -0.05) is 60.7 Å². The molecule has 0 atom stereocenters. The number of para-hydroxylation sites is 1. The molecule has 4 rings (SSSR count). The Kier molecular flexibility index (Phi) is 4.54. The van der Waals surface area contributed by atoms with Gasteiger partial charge >= 0.3 is 5.63 Å². The van der Waals surface area contributed by atoms with Crippen molar-refractivity contribution in [2.24, 2.45) is 0 Å².